The van der Waals surface area contributed by atoms with Crippen molar-refractivity contribution in [1.29, 1.82) is 0 Å². The first-order valence-electron chi connectivity index (χ1n) is 7.68. The maximum atomic E-state index is 2.58. The molecule has 0 heterocycles. The van der Waals surface area contributed by atoms with E-state index in [2.05, 4.69) is 27.2 Å². The fourth-order valence-electron chi connectivity index (χ4n) is 2.31. The highest BCUT2D eigenvalue weighted by molar-refractivity contribution is 4.74. The first-order valence-corrected chi connectivity index (χ1v) is 7.68. The zero-order chi connectivity index (χ0) is 12.1. The van der Waals surface area contributed by atoms with Gasteiger partial charge in [-0.3, -0.25) is 0 Å². The van der Waals surface area contributed by atoms with Crippen LogP contribution in [0.3, 0.4) is 0 Å². The summed E-state index contributed by atoms with van der Waals surface area (Å²) in [5.74, 6) is 0.894. The van der Waals surface area contributed by atoms with Gasteiger partial charge in [-0.05, 0) is 18.8 Å². The molecule has 0 aliphatic carbocycles. The van der Waals surface area contributed by atoms with Crippen LogP contribution < -0.4 is 0 Å². The molecule has 0 N–H and O–H groups in total. The van der Waals surface area contributed by atoms with Crippen molar-refractivity contribution in [3.8, 4) is 0 Å². The standard InChI is InChI=1S/C16H33/c1-4-7-8-9-10-11-12-13-15-16(6-3)14-5-2/h15-16H,4-14H2,1-3H3. The van der Waals surface area contributed by atoms with Gasteiger partial charge in [0.15, 0.2) is 0 Å². The van der Waals surface area contributed by atoms with Gasteiger partial charge in [0.25, 0.3) is 0 Å². The Kier molecular flexibility index (Phi) is 13.1. The van der Waals surface area contributed by atoms with Gasteiger partial charge < -0.3 is 0 Å². The normalized spacial score (nSPS) is 12.9. The van der Waals surface area contributed by atoms with E-state index in [9.17, 15) is 0 Å². The smallest absolute Gasteiger partial charge is 0.0355 e. The minimum absolute atomic E-state index is 0.894. The van der Waals surface area contributed by atoms with Crippen molar-refractivity contribution in [2.75, 3.05) is 0 Å². The summed E-state index contributed by atoms with van der Waals surface area (Å²) in [6.07, 6.45) is 18.0. The van der Waals surface area contributed by atoms with Crippen LogP contribution in [0.25, 0.3) is 0 Å². The molecular formula is C16H33. The van der Waals surface area contributed by atoms with E-state index in [-0.39, 0.29) is 0 Å². The molecule has 97 valence electrons. The maximum Gasteiger partial charge on any atom is -0.0355 e. The molecule has 0 nitrogen and oxygen atoms in total. The molecule has 0 aromatic heterocycles. The predicted octanol–water partition coefficient (Wildman–Crippen LogP) is 6.16. The average molecular weight is 225 g/mol. The predicted molar refractivity (Wildman–Crippen MR) is 75.6 cm³/mol. The van der Waals surface area contributed by atoms with E-state index in [0.717, 1.165) is 5.92 Å². The first kappa shape index (κ1) is 16.0. The second-order valence-corrected chi connectivity index (χ2v) is 5.10. The van der Waals surface area contributed by atoms with Gasteiger partial charge in [0.2, 0.25) is 0 Å². The van der Waals surface area contributed by atoms with Gasteiger partial charge in [0.1, 0.15) is 0 Å². The van der Waals surface area contributed by atoms with Crippen LogP contribution in [0.15, 0.2) is 0 Å². The topological polar surface area (TPSA) is 0 Å². The molecule has 1 unspecified atom stereocenters. The molecule has 1 radical (unpaired) electrons. The SMILES string of the molecule is CCCCCCCCC[CH]C(CC)CCC. The summed E-state index contributed by atoms with van der Waals surface area (Å²) < 4.78 is 0. The van der Waals surface area contributed by atoms with Gasteiger partial charge in [0, 0.05) is 0 Å². The third-order valence-corrected chi connectivity index (χ3v) is 3.49. The van der Waals surface area contributed by atoms with Crippen LogP contribution in [0.4, 0.5) is 0 Å². The molecule has 0 fully saturated rings. The van der Waals surface area contributed by atoms with Crippen LogP contribution in [-0.4, -0.2) is 0 Å². The summed E-state index contributed by atoms with van der Waals surface area (Å²) in [6.45, 7) is 6.90. The fourth-order valence-corrected chi connectivity index (χ4v) is 2.31. The van der Waals surface area contributed by atoms with Gasteiger partial charge >= 0.3 is 0 Å². The lowest BCUT2D eigenvalue weighted by atomic mass is 9.94. The molecule has 0 rings (SSSR count). The highest BCUT2D eigenvalue weighted by atomic mass is 14.1. The Labute approximate surface area is 104 Å². The summed E-state index contributed by atoms with van der Waals surface area (Å²) in [5.41, 5.74) is 0. The van der Waals surface area contributed by atoms with Crippen molar-refractivity contribution in [1.82, 2.24) is 0 Å². The second-order valence-electron chi connectivity index (χ2n) is 5.10. The first-order chi connectivity index (χ1) is 7.85. The molecule has 0 aliphatic rings. The largest absolute Gasteiger partial charge is 0.0654 e. The molecule has 0 aliphatic heterocycles. The van der Waals surface area contributed by atoms with Gasteiger partial charge in [0.05, 0.1) is 0 Å². The third-order valence-electron chi connectivity index (χ3n) is 3.49. The summed E-state index contributed by atoms with van der Waals surface area (Å²) in [4.78, 5) is 0. The minimum Gasteiger partial charge on any atom is -0.0654 e. The van der Waals surface area contributed by atoms with E-state index in [1.54, 1.807) is 0 Å². The lowest BCUT2D eigenvalue weighted by molar-refractivity contribution is 0.495. The minimum atomic E-state index is 0.894. The van der Waals surface area contributed by atoms with Crippen LogP contribution >= 0.6 is 0 Å². The summed E-state index contributed by atoms with van der Waals surface area (Å²) in [6, 6.07) is 0. The fraction of sp³-hybridized carbons (Fsp3) is 0.938. The summed E-state index contributed by atoms with van der Waals surface area (Å²) >= 11 is 0. The van der Waals surface area contributed by atoms with Crippen molar-refractivity contribution in [3.63, 3.8) is 0 Å². The zero-order valence-corrected chi connectivity index (χ0v) is 11.9. The van der Waals surface area contributed by atoms with Gasteiger partial charge in [-0.1, -0.05) is 85.0 Å². The molecule has 16 heavy (non-hydrogen) atoms. The Hall–Kier alpha value is 0. The quantitative estimate of drug-likeness (QED) is 0.349. The molecule has 0 amide bonds. The molecule has 0 aromatic carbocycles. The van der Waals surface area contributed by atoms with Crippen molar-refractivity contribution in [2.24, 2.45) is 5.92 Å². The summed E-state index contributed by atoms with van der Waals surface area (Å²) in [5, 5.41) is 0. The van der Waals surface area contributed by atoms with E-state index in [1.807, 2.05) is 0 Å². The number of hydrogen-bond donors (Lipinski definition) is 0. The molecule has 0 bridgehead atoms. The van der Waals surface area contributed by atoms with Crippen molar-refractivity contribution in [2.45, 2.75) is 91.4 Å². The van der Waals surface area contributed by atoms with Crippen LogP contribution in [0, 0.1) is 12.3 Å². The second kappa shape index (κ2) is 13.1. The van der Waals surface area contributed by atoms with Crippen LogP contribution in [0.2, 0.25) is 0 Å². The van der Waals surface area contributed by atoms with E-state index in [4.69, 9.17) is 0 Å². The van der Waals surface area contributed by atoms with Crippen molar-refractivity contribution < 1.29 is 0 Å². The Morgan fingerprint density at radius 1 is 0.750 bits per heavy atom. The average Bonchev–Trinajstić information content (AvgIpc) is 2.31. The highest BCUT2D eigenvalue weighted by Crippen LogP contribution is 2.18. The van der Waals surface area contributed by atoms with Crippen molar-refractivity contribution in [3.05, 3.63) is 6.42 Å². The van der Waals surface area contributed by atoms with Crippen molar-refractivity contribution >= 4 is 0 Å². The molecular weight excluding hydrogens is 192 g/mol. The van der Waals surface area contributed by atoms with E-state index in [1.165, 1.54) is 70.6 Å². The van der Waals surface area contributed by atoms with Crippen LogP contribution in [0.5, 0.6) is 0 Å². The zero-order valence-electron chi connectivity index (χ0n) is 11.9. The molecule has 0 saturated heterocycles. The molecule has 0 spiro atoms. The van der Waals surface area contributed by atoms with E-state index >= 15 is 0 Å². The summed E-state index contributed by atoms with van der Waals surface area (Å²) in [7, 11) is 0. The Morgan fingerprint density at radius 3 is 1.94 bits per heavy atom. The van der Waals surface area contributed by atoms with Crippen LogP contribution in [0.1, 0.15) is 91.4 Å². The Bertz CT molecular complexity index is 117. The molecule has 0 aromatic rings. The lowest BCUT2D eigenvalue weighted by Gasteiger charge is -2.12. The monoisotopic (exact) mass is 225 g/mol. The molecule has 1 atom stereocenters. The number of unbranched alkanes of at least 4 members (excludes halogenated alkanes) is 7. The van der Waals surface area contributed by atoms with E-state index < -0.39 is 0 Å². The number of rotatable bonds is 12. The Balaban J connectivity index is 3.12. The van der Waals surface area contributed by atoms with Gasteiger partial charge in [-0.25, -0.2) is 0 Å². The van der Waals surface area contributed by atoms with Gasteiger partial charge in [-0.2, -0.15) is 0 Å². The van der Waals surface area contributed by atoms with E-state index in [0.29, 0.717) is 0 Å². The lowest BCUT2D eigenvalue weighted by Crippen LogP contribution is -1.99. The maximum absolute atomic E-state index is 2.58. The molecule has 0 saturated carbocycles. The highest BCUT2D eigenvalue weighted by Gasteiger charge is 2.04. The molecule has 0 heteroatoms. The number of hydrogen-bond acceptors (Lipinski definition) is 0. The van der Waals surface area contributed by atoms with Crippen LogP contribution in [-0.2, 0) is 0 Å². The van der Waals surface area contributed by atoms with Gasteiger partial charge in [-0.15, -0.1) is 0 Å². The Morgan fingerprint density at radius 2 is 1.38 bits per heavy atom. The third kappa shape index (κ3) is 10.5.